The van der Waals surface area contributed by atoms with E-state index < -0.39 is 0 Å². The Hall–Kier alpha value is -0.870. The van der Waals surface area contributed by atoms with Gasteiger partial charge in [-0.05, 0) is 25.3 Å². The van der Waals surface area contributed by atoms with E-state index in [4.69, 9.17) is 10.5 Å². The van der Waals surface area contributed by atoms with E-state index in [1.54, 1.807) is 6.08 Å². The highest BCUT2D eigenvalue weighted by atomic mass is 16.5. The number of carbonyl (C=O) groups is 1. The van der Waals surface area contributed by atoms with Gasteiger partial charge in [-0.2, -0.15) is 0 Å². The molecule has 15 heavy (non-hydrogen) atoms. The Kier molecular flexibility index (Phi) is 5.36. The minimum Gasteiger partial charge on any atom is -0.368 e. The Morgan fingerprint density at radius 1 is 1.60 bits per heavy atom. The van der Waals surface area contributed by atoms with Crippen LogP contribution < -0.4 is 11.1 Å². The van der Waals surface area contributed by atoms with Crippen molar-refractivity contribution in [2.45, 2.75) is 25.4 Å². The standard InChI is InChI=1S/C11H20N2O2/c1-2-6-13-11(14)8-15-10-5-3-4-9(10)7-12/h2,9-10H,1,3-8,12H2,(H,13,14). The molecular formula is C11H20N2O2. The average molecular weight is 212 g/mol. The van der Waals surface area contributed by atoms with Crippen molar-refractivity contribution in [3.8, 4) is 0 Å². The Bertz CT molecular complexity index is 219. The molecule has 0 heterocycles. The van der Waals surface area contributed by atoms with Crippen molar-refractivity contribution in [1.29, 1.82) is 0 Å². The molecule has 0 aliphatic heterocycles. The molecule has 2 atom stereocenters. The van der Waals surface area contributed by atoms with Crippen molar-refractivity contribution in [2.75, 3.05) is 19.7 Å². The first-order valence-corrected chi connectivity index (χ1v) is 5.47. The Labute approximate surface area is 90.9 Å². The molecule has 0 radical (unpaired) electrons. The number of rotatable bonds is 6. The maximum Gasteiger partial charge on any atom is 0.246 e. The predicted molar refractivity (Wildman–Crippen MR) is 59.3 cm³/mol. The molecule has 1 saturated carbocycles. The number of carbonyl (C=O) groups excluding carboxylic acids is 1. The Morgan fingerprint density at radius 2 is 2.40 bits per heavy atom. The molecule has 0 saturated heterocycles. The third-order valence-corrected chi connectivity index (χ3v) is 2.76. The van der Waals surface area contributed by atoms with Crippen LogP contribution in [-0.2, 0) is 9.53 Å². The third-order valence-electron chi connectivity index (χ3n) is 2.76. The van der Waals surface area contributed by atoms with Crippen LogP contribution in [0.2, 0.25) is 0 Å². The maximum atomic E-state index is 11.2. The van der Waals surface area contributed by atoms with E-state index in [1.165, 1.54) is 0 Å². The molecule has 86 valence electrons. The molecule has 1 aliphatic rings. The fraction of sp³-hybridized carbons (Fsp3) is 0.727. The number of hydrogen-bond donors (Lipinski definition) is 2. The molecule has 0 spiro atoms. The summed E-state index contributed by atoms with van der Waals surface area (Å²) in [5.41, 5.74) is 5.62. The zero-order valence-corrected chi connectivity index (χ0v) is 9.08. The van der Waals surface area contributed by atoms with Crippen molar-refractivity contribution in [3.63, 3.8) is 0 Å². The lowest BCUT2D eigenvalue weighted by Gasteiger charge is -2.18. The third kappa shape index (κ3) is 4.01. The molecule has 0 aromatic rings. The molecule has 2 unspecified atom stereocenters. The van der Waals surface area contributed by atoms with Crippen LogP contribution in [0.3, 0.4) is 0 Å². The summed E-state index contributed by atoms with van der Waals surface area (Å²) >= 11 is 0. The van der Waals surface area contributed by atoms with Crippen LogP contribution in [0.4, 0.5) is 0 Å². The molecule has 0 bridgehead atoms. The summed E-state index contributed by atoms with van der Waals surface area (Å²) in [6, 6.07) is 0. The van der Waals surface area contributed by atoms with Gasteiger partial charge in [0.05, 0.1) is 6.10 Å². The van der Waals surface area contributed by atoms with E-state index in [-0.39, 0.29) is 18.6 Å². The minimum absolute atomic E-state index is 0.0856. The molecule has 4 heteroatoms. The molecule has 1 rings (SSSR count). The fourth-order valence-corrected chi connectivity index (χ4v) is 1.91. The van der Waals surface area contributed by atoms with Gasteiger partial charge in [-0.15, -0.1) is 6.58 Å². The van der Waals surface area contributed by atoms with Crippen LogP contribution in [-0.4, -0.2) is 31.7 Å². The predicted octanol–water partition coefficient (Wildman–Crippen LogP) is 0.433. The topological polar surface area (TPSA) is 64.3 Å². The number of amides is 1. The lowest BCUT2D eigenvalue weighted by Crippen LogP contribution is -2.32. The first-order chi connectivity index (χ1) is 7.27. The van der Waals surface area contributed by atoms with Gasteiger partial charge in [0.15, 0.2) is 0 Å². The van der Waals surface area contributed by atoms with E-state index in [0.717, 1.165) is 19.3 Å². The first kappa shape index (κ1) is 12.2. The van der Waals surface area contributed by atoms with Crippen LogP contribution in [0, 0.1) is 5.92 Å². The largest absolute Gasteiger partial charge is 0.368 e. The van der Waals surface area contributed by atoms with Crippen LogP contribution >= 0.6 is 0 Å². The smallest absolute Gasteiger partial charge is 0.246 e. The average Bonchev–Trinajstić information content (AvgIpc) is 2.70. The summed E-state index contributed by atoms with van der Waals surface area (Å²) in [4.78, 5) is 11.2. The first-order valence-electron chi connectivity index (χ1n) is 5.47. The lowest BCUT2D eigenvalue weighted by atomic mass is 10.1. The van der Waals surface area contributed by atoms with Gasteiger partial charge < -0.3 is 15.8 Å². The van der Waals surface area contributed by atoms with Gasteiger partial charge in [0.1, 0.15) is 6.61 Å². The maximum absolute atomic E-state index is 11.2. The van der Waals surface area contributed by atoms with Gasteiger partial charge in [-0.1, -0.05) is 12.5 Å². The monoisotopic (exact) mass is 212 g/mol. The van der Waals surface area contributed by atoms with Crippen molar-refractivity contribution in [3.05, 3.63) is 12.7 Å². The molecule has 1 aliphatic carbocycles. The highest BCUT2D eigenvalue weighted by Crippen LogP contribution is 2.27. The molecule has 1 fully saturated rings. The number of hydrogen-bond acceptors (Lipinski definition) is 3. The summed E-state index contributed by atoms with van der Waals surface area (Å²) in [6.45, 7) is 4.80. The van der Waals surface area contributed by atoms with Crippen LogP contribution in [0.25, 0.3) is 0 Å². The number of nitrogens with one attached hydrogen (secondary N) is 1. The molecule has 0 aromatic carbocycles. The Morgan fingerprint density at radius 3 is 3.07 bits per heavy atom. The second kappa shape index (κ2) is 6.58. The molecular weight excluding hydrogens is 192 g/mol. The van der Waals surface area contributed by atoms with E-state index in [1.807, 2.05) is 0 Å². The van der Waals surface area contributed by atoms with E-state index in [9.17, 15) is 4.79 Å². The summed E-state index contributed by atoms with van der Waals surface area (Å²) < 4.78 is 5.54. The van der Waals surface area contributed by atoms with Crippen LogP contribution in [0.5, 0.6) is 0 Å². The highest BCUT2D eigenvalue weighted by Gasteiger charge is 2.27. The van der Waals surface area contributed by atoms with Crippen LogP contribution in [0.1, 0.15) is 19.3 Å². The van der Waals surface area contributed by atoms with Gasteiger partial charge in [0.2, 0.25) is 5.91 Å². The molecule has 0 aromatic heterocycles. The SMILES string of the molecule is C=CCNC(=O)COC1CCCC1CN. The fourth-order valence-electron chi connectivity index (χ4n) is 1.91. The quantitative estimate of drug-likeness (QED) is 0.628. The number of nitrogens with two attached hydrogens (primary N) is 1. The van der Waals surface area contributed by atoms with Gasteiger partial charge in [0, 0.05) is 6.54 Å². The van der Waals surface area contributed by atoms with Crippen molar-refractivity contribution in [2.24, 2.45) is 11.7 Å². The molecule has 4 nitrogen and oxygen atoms in total. The summed E-state index contributed by atoms with van der Waals surface area (Å²) in [6.07, 6.45) is 5.12. The summed E-state index contributed by atoms with van der Waals surface area (Å²) in [5.74, 6) is 0.342. The van der Waals surface area contributed by atoms with Gasteiger partial charge in [-0.3, -0.25) is 4.79 Å². The minimum atomic E-state index is -0.0856. The zero-order valence-electron chi connectivity index (χ0n) is 9.08. The highest BCUT2D eigenvalue weighted by molar-refractivity contribution is 5.77. The molecule has 3 N–H and O–H groups in total. The van der Waals surface area contributed by atoms with Gasteiger partial charge in [0.25, 0.3) is 0 Å². The second-order valence-corrected chi connectivity index (χ2v) is 3.87. The van der Waals surface area contributed by atoms with E-state index in [0.29, 0.717) is 19.0 Å². The van der Waals surface area contributed by atoms with Crippen molar-refractivity contribution >= 4 is 5.91 Å². The number of ether oxygens (including phenoxy) is 1. The summed E-state index contributed by atoms with van der Waals surface area (Å²) in [7, 11) is 0. The van der Waals surface area contributed by atoms with E-state index in [2.05, 4.69) is 11.9 Å². The zero-order chi connectivity index (χ0) is 11.1. The van der Waals surface area contributed by atoms with Crippen molar-refractivity contribution in [1.82, 2.24) is 5.32 Å². The second-order valence-electron chi connectivity index (χ2n) is 3.87. The van der Waals surface area contributed by atoms with Crippen LogP contribution in [0.15, 0.2) is 12.7 Å². The molecule has 1 amide bonds. The normalized spacial score (nSPS) is 25.1. The summed E-state index contributed by atoms with van der Waals surface area (Å²) in [5, 5.41) is 2.68. The van der Waals surface area contributed by atoms with Gasteiger partial charge >= 0.3 is 0 Å². The van der Waals surface area contributed by atoms with Gasteiger partial charge in [-0.25, -0.2) is 0 Å². The van der Waals surface area contributed by atoms with E-state index >= 15 is 0 Å². The Balaban J connectivity index is 2.18. The lowest BCUT2D eigenvalue weighted by molar-refractivity contribution is -0.128. The van der Waals surface area contributed by atoms with Crippen molar-refractivity contribution < 1.29 is 9.53 Å².